The fraction of sp³-hybridized carbons (Fsp3) is 0.462. The van der Waals surface area contributed by atoms with Crippen LogP contribution in [0.25, 0.3) is 0 Å². The van der Waals surface area contributed by atoms with E-state index in [1.807, 2.05) is 6.07 Å². The number of nitriles is 1. The zero-order chi connectivity index (χ0) is 13.9. The van der Waals surface area contributed by atoms with Crippen LogP contribution in [0, 0.1) is 17.2 Å². The second-order valence-electron chi connectivity index (χ2n) is 4.67. The molecule has 0 bridgehead atoms. The van der Waals surface area contributed by atoms with Crippen molar-refractivity contribution >= 4 is 10.0 Å². The molecule has 102 valence electrons. The van der Waals surface area contributed by atoms with Crippen LogP contribution in [0.1, 0.15) is 18.4 Å². The Kier molecular flexibility index (Phi) is 4.20. The van der Waals surface area contributed by atoms with Gasteiger partial charge in [-0.15, -0.1) is 0 Å². The lowest BCUT2D eigenvalue weighted by molar-refractivity contribution is 0.170. The van der Waals surface area contributed by atoms with E-state index in [0.29, 0.717) is 31.5 Å². The average molecular weight is 280 g/mol. The summed E-state index contributed by atoms with van der Waals surface area (Å²) < 4.78 is 26.2. The molecule has 1 aromatic rings. The van der Waals surface area contributed by atoms with Gasteiger partial charge < -0.3 is 5.11 Å². The lowest BCUT2D eigenvalue weighted by Gasteiger charge is -2.30. The third kappa shape index (κ3) is 2.95. The summed E-state index contributed by atoms with van der Waals surface area (Å²) in [5.74, 6) is 0.201. The van der Waals surface area contributed by atoms with Gasteiger partial charge in [-0.1, -0.05) is 0 Å². The fourth-order valence-electron chi connectivity index (χ4n) is 2.18. The highest BCUT2D eigenvalue weighted by Gasteiger charge is 2.28. The van der Waals surface area contributed by atoms with Crippen LogP contribution in [-0.2, 0) is 10.0 Å². The van der Waals surface area contributed by atoms with E-state index in [1.54, 1.807) is 0 Å². The van der Waals surface area contributed by atoms with Crippen molar-refractivity contribution in [2.24, 2.45) is 5.92 Å². The molecule has 19 heavy (non-hydrogen) atoms. The van der Waals surface area contributed by atoms with E-state index >= 15 is 0 Å². The van der Waals surface area contributed by atoms with Gasteiger partial charge in [0.15, 0.2) is 0 Å². The van der Waals surface area contributed by atoms with Crippen molar-refractivity contribution < 1.29 is 13.5 Å². The Morgan fingerprint density at radius 1 is 1.26 bits per heavy atom. The molecule has 0 aromatic heterocycles. The van der Waals surface area contributed by atoms with Crippen molar-refractivity contribution in [2.45, 2.75) is 17.7 Å². The summed E-state index contributed by atoms with van der Waals surface area (Å²) >= 11 is 0. The summed E-state index contributed by atoms with van der Waals surface area (Å²) in [6.45, 7) is 0.992. The second-order valence-corrected chi connectivity index (χ2v) is 6.60. The highest BCUT2D eigenvalue weighted by atomic mass is 32.2. The first kappa shape index (κ1) is 14.0. The molecule has 1 fully saturated rings. The van der Waals surface area contributed by atoms with E-state index in [9.17, 15) is 8.42 Å². The fourth-order valence-corrected chi connectivity index (χ4v) is 3.65. The lowest BCUT2D eigenvalue weighted by atomic mass is 10.00. The van der Waals surface area contributed by atoms with Gasteiger partial charge in [-0.05, 0) is 43.0 Å². The van der Waals surface area contributed by atoms with Gasteiger partial charge in [0.2, 0.25) is 10.0 Å². The minimum Gasteiger partial charge on any atom is -0.396 e. The molecule has 5 nitrogen and oxygen atoms in total. The van der Waals surface area contributed by atoms with Crippen LogP contribution in [0.3, 0.4) is 0 Å². The number of aliphatic hydroxyl groups is 1. The molecular formula is C13H16N2O3S. The maximum absolute atomic E-state index is 12.4. The Morgan fingerprint density at radius 3 is 2.32 bits per heavy atom. The molecule has 1 saturated heterocycles. The molecule has 0 saturated carbocycles. The topological polar surface area (TPSA) is 81.4 Å². The molecular weight excluding hydrogens is 264 g/mol. The zero-order valence-corrected chi connectivity index (χ0v) is 11.3. The van der Waals surface area contributed by atoms with Crippen molar-refractivity contribution in [3.05, 3.63) is 29.8 Å². The number of rotatable bonds is 3. The number of benzene rings is 1. The molecule has 0 unspecified atom stereocenters. The molecule has 2 rings (SSSR count). The Morgan fingerprint density at radius 2 is 1.84 bits per heavy atom. The number of sulfonamides is 1. The Balaban J connectivity index is 2.16. The molecule has 1 aliphatic rings. The summed E-state index contributed by atoms with van der Waals surface area (Å²) in [6, 6.07) is 7.91. The molecule has 1 N–H and O–H groups in total. The smallest absolute Gasteiger partial charge is 0.243 e. The molecule has 6 heteroatoms. The van der Waals surface area contributed by atoms with Gasteiger partial charge >= 0.3 is 0 Å². The number of piperidine rings is 1. The normalized spacial score (nSPS) is 18.1. The maximum Gasteiger partial charge on any atom is 0.243 e. The highest BCUT2D eigenvalue weighted by molar-refractivity contribution is 7.89. The van der Waals surface area contributed by atoms with Gasteiger partial charge in [-0.2, -0.15) is 9.57 Å². The second kappa shape index (κ2) is 5.70. The van der Waals surface area contributed by atoms with Gasteiger partial charge in [-0.25, -0.2) is 8.42 Å². The largest absolute Gasteiger partial charge is 0.396 e. The number of nitrogens with zero attached hydrogens (tertiary/aromatic N) is 2. The molecule has 1 heterocycles. The first-order chi connectivity index (χ1) is 9.07. The first-order valence-electron chi connectivity index (χ1n) is 6.19. The van der Waals surface area contributed by atoms with Crippen molar-refractivity contribution in [1.29, 1.82) is 5.26 Å². The molecule has 0 amide bonds. The van der Waals surface area contributed by atoms with Crippen molar-refractivity contribution in [2.75, 3.05) is 19.7 Å². The number of aliphatic hydroxyl groups excluding tert-OH is 1. The van der Waals surface area contributed by atoms with Gasteiger partial charge in [-0.3, -0.25) is 0 Å². The summed E-state index contributed by atoms with van der Waals surface area (Å²) in [7, 11) is -3.48. The molecule has 0 atom stereocenters. The van der Waals surface area contributed by atoms with E-state index in [4.69, 9.17) is 10.4 Å². The predicted octanol–water partition coefficient (Wildman–Crippen LogP) is 0.951. The van der Waals surface area contributed by atoms with Gasteiger partial charge in [0.25, 0.3) is 0 Å². The third-order valence-corrected chi connectivity index (χ3v) is 5.37. The SMILES string of the molecule is N#Cc1ccc(S(=O)(=O)N2CCC(CO)CC2)cc1. The van der Waals surface area contributed by atoms with Gasteiger partial charge in [0.05, 0.1) is 16.5 Å². The highest BCUT2D eigenvalue weighted by Crippen LogP contribution is 2.23. The predicted molar refractivity (Wildman–Crippen MR) is 69.7 cm³/mol. The summed E-state index contributed by atoms with van der Waals surface area (Å²) in [6.07, 6.45) is 1.37. The average Bonchev–Trinajstić information content (AvgIpc) is 2.47. The molecule has 1 aromatic carbocycles. The summed E-state index contributed by atoms with van der Waals surface area (Å²) in [5, 5.41) is 17.8. The Bertz CT molecular complexity index is 567. The zero-order valence-electron chi connectivity index (χ0n) is 10.5. The van der Waals surface area contributed by atoms with Crippen LogP contribution in [0.4, 0.5) is 0 Å². The van der Waals surface area contributed by atoms with Gasteiger partial charge in [0, 0.05) is 19.7 Å². The first-order valence-corrected chi connectivity index (χ1v) is 7.63. The molecule has 1 aliphatic heterocycles. The van der Waals surface area contributed by atoms with Crippen LogP contribution < -0.4 is 0 Å². The van der Waals surface area contributed by atoms with Gasteiger partial charge in [0.1, 0.15) is 0 Å². The third-order valence-electron chi connectivity index (χ3n) is 3.45. The Labute approximate surface area is 113 Å². The molecule has 0 spiro atoms. The van der Waals surface area contributed by atoms with E-state index in [-0.39, 0.29) is 17.4 Å². The van der Waals surface area contributed by atoms with E-state index in [1.165, 1.54) is 28.6 Å². The van der Waals surface area contributed by atoms with Crippen molar-refractivity contribution in [3.63, 3.8) is 0 Å². The van der Waals surface area contributed by atoms with E-state index in [0.717, 1.165) is 0 Å². The van der Waals surface area contributed by atoms with Crippen LogP contribution in [-0.4, -0.2) is 37.5 Å². The van der Waals surface area contributed by atoms with E-state index < -0.39 is 10.0 Å². The Hall–Kier alpha value is -1.42. The maximum atomic E-state index is 12.4. The summed E-state index contributed by atoms with van der Waals surface area (Å²) in [4.78, 5) is 0.217. The van der Waals surface area contributed by atoms with Crippen LogP contribution >= 0.6 is 0 Å². The number of hydrogen-bond donors (Lipinski definition) is 1. The molecule has 0 aliphatic carbocycles. The quantitative estimate of drug-likeness (QED) is 0.893. The molecule has 0 radical (unpaired) electrons. The number of hydrogen-bond acceptors (Lipinski definition) is 4. The lowest BCUT2D eigenvalue weighted by Crippen LogP contribution is -2.39. The minimum absolute atomic E-state index is 0.116. The standard InChI is InChI=1S/C13H16N2O3S/c14-9-11-1-3-13(4-2-11)19(17,18)15-7-5-12(10-16)6-8-15/h1-4,12,16H,5-8,10H2. The van der Waals surface area contributed by atoms with E-state index in [2.05, 4.69) is 0 Å². The minimum atomic E-state index is -3.48. The van der Waals surface area contributed by atoms with Crippen LogP contribution in [0.15, 0.2) is 29.2 Å². The van der Waals surface area contributed by atoms with Crippen molar-refractivity contribution in [1.82, 2.24) is 4.31 Å². The monoisotopic (exact) mass is 280 g/mol. The summed E-state index contributed by atoms with van der Waals surface area (Å²) in [5.41, 5.74) is 0.443. The van der Waals surface area contributed by atoms with Crippen LogP contribution in [0.2, 0.25) is 0 Å². The van der Waals surface area contributed by atoms with Crippen LogP contribution in [0.5, 0.6) is 0 Å². The van der Waals surface area contributed by atoms with Crippen molar-refractivity contribution in [3.8, 4) is 6.07 Å².